The molecule has 0 bridgehead atoms. The minimum atomic E-state index is 0.258. The van der Waals surface area contributed by atoms with E-state index in [1.807, 2.05) is 22.9 Å². The first kappa shape index (κ1) is 13.9. The second-order valence-electron chi connectivity index (χ2n) is 4.77. The number of anilines is 1. The first-order valence-corrected chi connectivity index (χ1v) is 6.42. The average molecular weight is 270 g/mol. The van der Waals surface area contributed by atoms with E-state index >= 15 is 0 Å². The normalized spacial score (nSPS) is 12.5. The average Bonchev–Trinajstić information content (AvgIpc) is 2.84. The van der Waals surface area contributed by atoms with Crippen molar-refractivity contribution in [2.45, 2.75) is 20.8 Å². The maximum absolute atomic E-state index is 7.37. The first-order valence-electron chi connectivity index (χ1n) is 6.42. The number of hydrogen-bond donors (Lipinski definition) is 2. The van der Waals surface area contributed by atoms with Crippen LogP contribution in [0.2, 0.25) is 0 Å². The van der Waals surface area contributed by atoms with E-state index in [1.165, 1.54) is 0 Å². The van der Waals surface area contributed by atoms with Gasteiger partial charge in [0.2, 0.25) is 0 Å². The molecule has 20 heavy (non-hydrogen) atoms. The van der Waals surface area contributed by atoms with Crippen molar-refractivity contribution in [2.75, 3.05) is 5.32 Å². The predicted molar refractivity (Wildman–Crippen MR) is 81.4 cm³/mol. The quantitative estimate of drug-likeness (QED) is 0.662. The Bertz CT molecular complexity index is 665. The number of imidazole rings is 1. The molecule has 0 aliphatic heterocycles. The van der Waals surface area contributed by atoms with Crippen LogP contribution in [0.3, 0.4) is 0 Å². The molecule has 0 amide bonds. The van der Waals surface area contributed by atoms with Crippen molar-refractivity contribution in [3.8, 4) is 0 Å². The summed E-state index contributed by atoms with van der Waals surface area (Å²) in [6.45, 7) is 5.80. The Morgan fingerprint density at radius 3 is 2.70 bits per heavy atom. The number of hydrogen-bond acceptors (Lipinski definition) is 4. The zero-order valence-corrected chi connectivity index (χ0v) is 11.8. The van der Waals surface area contributed by atoms with Crippen LogP contribution in [0, 0.1) is 11.3 Å². The summed E-state index contributed by atoms with van der Waals surface area (Å²) in [6.07, 6.45) is 10.8. The summed E-state index contributed by atoms with van der Waals surface area (Å²) in [5.41, 5.74) is 1.55. The van der Waals surface area contributed by atoms with Crippen LogP contribution in [0.1, 0.15) is 20.8 Å². The third-order valence-electron chi connectivity index (χ3n) is 2.48. The number of aliphatic imine (C=N–C) groups is 1. The highest BCUT2D eigenvalue weighted by Gasteiger charge is 2.05. The molecule has 2 rings (SSSR count). The summed E-state index contributed by atoms with van der Waals surface area (Å²) < 4.78 is 1.89. The van der Waals surface area contributed by atoms with Crippen molar-refractivity contribution in [2.24, 2.45) is 10.9 Å². The largest absolute Gasteiger partial charge is 0.336 e. The standard InChI is InChI=1S/C14H18N6/c1-10(2)8-12(9-18-11(3)15)19-13-14-17-5-7-20(14)6-4-16-13/h4-10,15H,1-3H3,(H,16,19)/b12-8+,15-11?,18-9?. The number of amidine groups is 1. The van der Waals surface area contributed by atoms with Crippen molar-refractivity contribution >= 4 is 23.5 Å². The SMILES string of the molecule is CC(=N)N=C/C(=C\C(C)C)Nc1nccn2ccnc12. The Morgan fingerprint density at radius 1 is 1.35 bits per heavy atom. The van der Waals surface area contributed by atoms with Gasteiger partial charge >= 0.3 is 0 Å². The molecular weight excluding hydrogens is 252 g/mol. The Labute approximate surface area is 117 Å². The van der Waals surface area contributed by atoms with E-state index in [1.54, 1.807) is 25.5 Å². The van der Waals surface area contributed by atoms with E-state index in [-0.39, 0.29) is 5.84 Å². The van der Waals surface area contributed by atoms with E-state index < -0.39 is 0 Å². The van der Waals surface area contributed by atoms with Gasteiger partial charge < -0.3 is 9.72 Å². The van der Waals surface area contributed by atoms with Gasteiger partial charge in [0.25, 0.3) is 0 Å². The van der Waals surface area contributed by atoms with Crippen LogP contribution in [0.4, 0.5) is 5.82 Å². The lowest BCUT2D eigenvalue weighted by Crippen LogP contribution is -2.06. The first-order chi connectivity index (χ1) is 9.56. The molecule has 0 spiro atoms. The lowest BCUT2D eigenvalue weighted by Gasteiger charge is -2.08. The van der Waals surface area contributed by atoms with Crippen LogP contribution in [0.25, 0.3) is 5.65 Å². The second kappa shape index (κ2) is 6.10. The molecule has 6 nitrogen and oxygen atoms in total. The third-order valence-corrected chi connectivity index (χ3v) is 2.48. The van der Waals surface area contributed by atoms with Crippen molar-refractivity contribution in [1.82, 2.24) is 14.4 Å². The monoisotopic (exact) mass is 270 g/mol. The van der Waals surface area contributed by atoms with Crippen LogP contribution in [-0.2, 0) is 0 Å². The van der Waals surface area contributed by atoms with Gasteiger partial charge in [-0.15, -0.1) is 0 Å². The molecule has 0 unspecified atom stereocenters. The fourth-order valence-electron chi connectivity index (χ4n) is 1.72. The molecule has 2 aromatic heterocycles. The molecule has 104 valence electrons. The van der Waals surface area contributed by atoms with Gasteiger partial charge in [-0.05, 0) is 12.8 Å². The lowest BCUT2D eigenvalue weighted by atomic mass is 10.2. The van der Waals surface area contributed by atoms with Gasteiger partial charge in [0, 0.05) is 24.8 Å². The summed E-state index contributed by atoms with van der Waals surface area (Å²) in [4.78, 5) is 12.6. The number of nitrogens with zero attached hydrogens (tertiary/aromatic N) is 4. The highest BCUT2D eigenvalue weighted by atomic mass is 15.1. The van der Waals surface area contributed by atoms with Crippen LogP contribution < -0.4 is 5.32 Å². The molecule has 0 saturated heterocycles. The van der Waals surface area contributed by atoms with E-state index in [0.717, 1.165) is 11.3 Å². The second-order valence-corrected chi connectivity index (χ2v) is 4.77. The summed E-state index contributed by atoms with van der Waals surface area (Å²) in [6, 6.07) is 0. The smallest absolute Gasteiger partial charge is 0.180 e. The van der Waals surface area contributed by atoms with Crippen molar-refractivity contribution in [3.63, 3.8) is 0 Å². The van der Waals surface area contributed by atoms with Gasteiger partial charge in [-0.3, -0.25) is 5.41 Å². The van der Waals surface area contributed by atoms with Crippen LogP contribution in [0.15, 0.2) is 41.6 Å². The lowest BCUT2D eigenvalue weighted by molar-refractivity contribution is 0.827. The van der Waals surface area contributed by atoms with Gasteiger partial charge in [0.05, 0.1) is 11.9 Å². The minimum Gasteiger partial charge on any atom is -0.336 e. The molecule has 6 heteroatoms. The number of rotatable bonds is 4. The highest BCUT2D eigenvalue weighted by Crippen LogP contribution is 2.13. The zero-order valence-electron chi connectivity index (χ0n) is 11.8. The van der Waals surface area contributed by atoms with Crippen LogP contribution in [0.5, 0.6) is 0 Å². The fourth-order valence-corrected chi connectivity index (χ4v) is 1.72. The Balaban J connectivity index is 2.32. The Hall–Kier alpha value is -2.50. The number of nitrogens with one attached hydrogen (secondary N) is 2. The van der Waals surface area contributed by atoms with E-state index in [0.29, 0.717) is 11.7 Å². The topological polar surface area (TPSA) is 78.4 Å². The summed E-state index contributed by atoms with van der Waals surface area (Å²) >= 11 is 0. The fraction of sp³-hybridized carbons (Fsp3) is 0.286. The molecular formula is C14H18N6. The molecule has 0 atom stereocenters. The molecule has 2 N–H and O–H groups in total. The molecule has 0 aliphatic carbocycles. The number of aromatic nitrogens is 3. The molecule has 0 aromatic carbocycles. The Kier molecular flexibility index (Phi) is 4.24. The van der Waals surface area contributed by atoms with Gasteiger partial charge in [-0.2, -0.15) is 0 Å². The molecule has 0 radical (unpaired) electrons. The van der Waals surface area contributed by atoms with Crippen molar-refractivity contribution < 1.29 is 0 Å². The van der Waals surface area contributed by atoms with Gasteiger partial charge in [0.1, 0.15) is 5.84 Å². The molecule has 2 heterocycles. The summed E-state index contributed by atoms with van der Waals surface area (Å²) in [5.74, 6) is 1.28. The third kappa shape index (κ3) is 3.50. The Morgan fingerprint density at radius 2 is 2.05 bits per heavy atom. The van der Waals surface area contributed by atoms with Gasteiger partial charge in [0.15, 0.2) is 11.5 Å². The molecule has 0 fully saturated rings. The van der Waals surface area contributed by atoms with E-state index in [4.69, 9.17) is 5.41 Å². The van der Waals surface area contributed by atoms with Crippen LogP contribution >= 0.6 is 0 Å². The summed E-state index contributed by atoms with van der Waals surface area (Å²) in [5, 5.41) is 10.6. The van der Waals surface area contributed by atoms with Crippen molar-refractivity contribution in [3.05, 3.63) is 36.6 Å². The maximum Gasteiger partial charge on any atom is 0.180 e. The molecule has 2 aromatic rings. The highest BCUT2D eigenvalue weighted by molar-refractivity contribution is 5.93. The molecule has 0 saturated carbocycles. The number of fused-ring (bicyclic) bond motifs is 1. The van der Waals surface area contributed by atoms with Gasteiger partial charge in [-0.25, -0.2) is 15.0 Å². The minimum absolute atomic E-state index is 0.258. The van der Waals surface area contributed by atoms with Crippen molar-refractivity contribution in [1.29, 1.82) is 5.41 Å². The van der Waals surface area contributed by atoms with E-state index in [2.05, 4.69) is 34.1 Å². The summed E-state index contributed by atoms with van der Waals surface area (Å²) in [7, 11) is 0. The van der Waals surface area contributed by atoms with E-state index in [9.17, 15) is 0 Å². The predicted octanol–water partition coefficient (Wildman–Crippen LogP) is 2.75. The van der Waals surface area contributed by atoms with Crippen LogP contribution in [-0.4, -0.2) is 26.4 Å². The number of allylic oxidation sites excluding steroid dienone is 2. The molecule has 0 aliphatic rings. The van der Waals surface area contributed by atoms with Gasteiger partial charge in [-0.1, -0.05) is 19.9 Å². The maximum atomic E-state index is 7.37. The zero-order chi connectivity index (χ0) is 14.5.